The van der Waals surface area contributed by atoms with Gasteiger partial charge in [0, 0.05) is 25.4 Å². The van der Waals surface area contributed by atoms with Gasteiger partial charge in [-0.25, -0.2) is 0 Å². The van der Waals surface area contributed by atoms with Gasteiger partial charge < -0.3 is 15.0 Å². The molecular formula is C19H22N4O3. The average Bonchev–Trinajstić information content (AvgIpc) is 2.63. The summed E-state index contributed by atoms with van der Waals surface area (Å²) in [6.07, 6.45) is 0.249. The molecule has 3 heterocycles. The van der Waals surface area contributed by atoms with E-state index in [-0.39, 0.29) is 23.8 Å². The van der Waals surface area contributed by atoms with Crippen molar-refractivity contribution in [2.45, 2.75) is 26.2 Å². The van der Waals surface area contributed by atoms with Crippen LogP contribution in [-0.2, 0) is 9.53 Å². The summed E-state index contributed by atoms with van der Waals surface area (Å²) in [4.78, 5) is 34.7. The molecule has 1 fully saturated rings. The second-order valence-electron chi connectivity index (χ2n) is 6.92. The van der Waals surface area contributed by atoms with Gasteiger partial charge >= 0.3 is 0 Å². The molecule has 2 aromatic rings. The molecule has 1 atom stereocenters. The number of aromatic nitrogens is 2. The summed E-state index contributed by atoms with van der Waals surface area (Å²) in [5, 5.41) is 2.79. The molecule has 7 nitrogen and oxygen atoms in total. The van der Waals surface area contributed by atoms with Gasteiger partial charge in [0.15, 0.2) is 0 Å². The van der Waals surface area contributed by atoms with Crippen LogP contribution >= 0.6 is 0 Å². The molecule has 2 aliphatic heterocycles. The van der Waals surface area contributed by atoms with E-state index in [9.17, 15) is 9.59 Å². The zero-order valence-corrected chi connectivity index (χ0v) is 15.0. The molecular weight excluding hydrogens is 332 g/mol. The molecule has 1 saturated heterocycles. The van der Waals surface area contributed by atoms with Gasteiger partial charge in [0.05, 0.1) is 18.8 Å². The summed E-state index contributed by atoms with van der Waals surface area (Å²) < 4.78 is 5.35. The molecule has 0 spiro atoms. The summed E-state index contributed by atoms with van der Waals surface area (Å²) in [6.45, 7) is 6.53. The maximum atomic E-state index is 12.9. The first-order valence-corrected chi connectivity index (χ1v) is 8.87. The van der Waals surface area contributed by atoms with Crippen molar-refractivity contribution in [1.29, 1.82) is 0 Å². The van der Waals surface area contributed by atoms with E-state index in [4.69, 9.17) is 4.74 Å². The third-order valence-electron chi connectivity index (χ3n) is 5.06. The molecule has 0 saturated carbocycles. The SMILES string of the molecule is Cc1ccc(C)c([C@H]2CC(=O)Nc3nc(N4CCOCC4)[nH]c(=O)c32)c1. The lowest BCUT2D eigenvalue weighted by atomic mass is 9.84. The number of ether oxygens (including phenoxy) is 1. The van der Waals surface area contributed by atoms with Gasteiger partial charge in [-0.1, -0.05) is 23.8 Å². The Kier molecular flexibility index (Phi) is 4.24. The zero-order chi connectivity index (χ0) is 18.3. The Morgan fingerprint density at radius 2 is 1.96 bits per heavy atom. The maximum absolute atomic E-state index is 12.9. The van der Waals surface area contributed by atoms with E-state index >= 15 is 0 Å². The predicted molar refractivity (Wildman–Crippen MR) is 98.9 cm³/mol. The third-order valence-corrected chi connectivity index (χ3v) is 5.06. The maximum Gasteiger partial charge on any atom is 0.258 e. The van der Waals surface area contributed by atoms with Crippen LogP contribution in [0.2, 0.25) is 0 Å². The number of aromatic amines is 1. The van der Waals surface area contributed by atoms with E-state index in [0.29, 0.717) is 43.6 Å². The van der Waals surface area contributed by atoms with Crippen LogP contribution in [0, 0.1) is 13.8 Å². The van der Waals surface area contributed by atoms with Crippen LogP contribution in [0.1, 0.15) is 34.6 Å². The number of hydrogen-bond donors (Lipinski definition) is 2. The Morgan fingerprint density at radius 1 is 1.19 bits per heavy atom. The Labute approximate surface area is 151 Å². The number of carbonyl (C=O) groups excluding carboxylic acids is 1. The van der Waals surface area contributed by atoms with Crippen LogP contribution in [0.15, 0.2) is 23.0 Å². The van der Waals surface area contributed by atoms with E-state index in [1.165, 1.54) is 0 Å². The monoisotopic (exact) mass is 354 g/mol. The van der Waals surface area contributed by atoms with Gasteiger partial charge in [0.2, 0.25) is 11.9 Å². The van der Waals surface area contributed by atoms with Gasteiger partial charge in [-0.3, -0.25) is 14.6 Å². The van der Waals surface area contributed by atoms with Crippen LogP contribution in [0.5, 0.6) is 0 Å². The van der Waals surface area contributed by atoms with Gasteiger partial charge in [-0.2, -0.15) is 4.98 Å². The molecule has 7 heteroatoms. The molecule has 4 rings (SSSR count). The number of amides is 1. The fourth-order valence-corrected chi connectivity index (χ4v) is 3.69. The Balaban J connectivity index is 1.81. The van der Waals surface area contributed by atoms with Gasteiger partial charge in [0.1, 0.15) is 5.82 Å². The summed E-state index contributed by atoms with van der Waals surface area (Å²) in [7, 11) is 0. The molecule has 1 aromatic heterocycles. The van der Waals surface area contributed by atoms with E-state index in [0.717, 1.165) is 16.7 Å². The minimum atomic E-state index is -0.284. The lowest BCUT2D eigenvalue weighted by Gasteiger charge is -2.30. The first-order valence-electron chi connectivity index (χ1n) is 8.87. The van der Waals surface area contributed by atoms with Crippen molar-refractivity contribution < 1.29 is 9.53 Å². The van der Waals surface area contributed by atoms with E-state index in [1.807, 2.05) is 30.9 Å². The first-order chi connectivity index (χ1) is 12.5. The number of aryl methyl sites for hydroxylation is 2. The number of morpholine rings is 1. The second-order valence-corrected chi connectivity index (χ2v) is 6.92. The highest BCUT2D eigenvalue weighted by Gasteiger charge is 2.32. The molecule has 0 aliphatic carbocycles. The largest absolute Gasteiger partial charge is 0.378 e. The Morgan fingerprint density at radius 3 is 2.73 bits per heavy atom. The van der Waals surface area contributed by atoms with Crippen molar-refractivity contribution >= 4 is 17.7 Å². The molecule has 0 radical (unpaired) electrons. The molecule has 26 heavy (non-hydrogen) atoms. The van der Waals surface area contributed by atoms with Crippen LogP contribution in [0.4, 0.5) is 11.8 Å². The predicted octanol–water partition coefficient (Wildman–Crippen LogP) is 1.70. The van der Waals surface area contributed by atoms with Crippen molar-refractivity contribution in [3.05, 3.63) is 50.8 Å². The number of anilines is 2. The number of carbonyl (C=O) groups is 1. The highest BCUT2D eigenvalue weighted by atomic mass is 16.5. The Hall–Kier alpha value is -2.67. The first kappa shape index (κ1) is 16.8. The molecule has 0 unspecified atom stereocenters. The number of nitrogens with one attached hydrogen (secondary N) is 2. The van der Waals surface area contributed by atoms with Gasteiger partial charge in [-0.15, -0.1) is 0 Å². The topological polar surface area (TPSA) is 87.3 Å². The van der Waals surface area contributed by atoms with Crippen molar-refractivity contribution in [3.63, 3.8) is 0 Å². The molecule has 1 amide bonds. The lowest BCUT2D eigenvalue weighted by Crippen LogP contribution is -2.40. The van der Waals surface area contributed by atoms with Gasteiger partial charge in [-0.05, 0) is 25.0 Å². The van der Waals surface area contributed by atoms with Gasteiger partial charge in [0.25, 0.3) is 5.56 Å². The van der Waals surface area contributed by atoms with E-state index in [1.54, 1.807) is 0 Å². The quantitative estimate of drug-likeness (QED) is 0.857. The fraction of sp³-hybridized carbons (Fsp3) is 0.421. The van der Waals surface area contributed by atoms with E-state index in [2.05, 4.69) is 21.4 Å². The molecule has 0 bridgehead atoms. The Bertz CT molecular complexity index is 915. The molecule has 136 valence electrons. The van der Waals surface area contributed by atoms with Crippen LogP contribution < -0.4 is 15.8 Å². The third kappa shape index (κ3) is 2.99. The standard InChI is InChI=1S/C19H22N4O3/c1-11-3-4-12(2)13(9-11)14-10-15(24)20-17-16(14)18(25)22-19(21-17)23-5-7-26-8-6-23/h3-4,9,14H,5-8,10H2,1-2H3,(H2,20,21,22,24,25)/t14-/m1/s1. The lowest BCUT2D eigenvalue weighted by molar-refractivity contribution is -0.116. The zero-order valence-electron chi connectivity index (χ0n) is 15.0. The second kappa shape index (κ2) is 6.57. The molecule has 2 aliphatic rings. The summed E-state index contributed by atoms with van der Waals surface area (Å²) in [5.74, 6) is 0.458. The van der Waals surface area contributed by atoms with Crippen molar-refractivity contribution in [3.8, 4) is 0 Å². The number of rotatable bonds is 2. The highest BCUT2D eigenvalue weighted by Crippen LogP contribution is 2.36. The summed E-state index contributed by atoms with van der Waals surface area (Å²) >= 11 is 0. The fourth-order valence-electron chi connectivity index (χ4n) is 3.69. The van der Waals surface area contributed by atoms with Crippen molar-refractivity contribution in [2.24, 2.45) is 0 Å². The minimum Gasteiger partial charge on any atom is -0.378 e. The number of H-pyrrole nitrogens is 1. The number of fused-ring (bicyclic) bond motifs is 1. The highest BCUT2D eigenvalue weighted by molar-refractivity contribution is 5.94. The van der Waals surface area contributed by atoms with E-state index < -0.39 is 0 Å². The normalized spacial score (nSPS) is 19.8. The summed E-state index contributed by atoms with van der Waals surface area (Å²) in [6, 6.07) is 6.12. The van der Waals surface area contributed by atoms with Crippen molar-refractivity contribution in [2.75, 3.05) is 36.5 Å². The number of nitrogens with zero attached hydrogens (tertiary/aromatic N) is 2. The van der Waals surface area contributed by atoms with Crippen molar-refractivity contribution in [1.82, 2.24) is 9.97 Å². The number of benzene rings is 1. The number of hydrogen-bond acceptors (Lipinski definition) is 5. The summed E-state index contributed by atoms with van der Waals surface area (Å²) in [5.41, 5.74) is 3.52. The average molecular weight is 354 g/mol. The van der Waals surface area contributed by atoms with Crippen LogP contribution in [0.3, 0.4) is 0 Å². The smallest absolute Gasteiger partial charge is 0.258 e. The molecule has 1 aromatic carbocycles. The molecule has 2 N–H and O–H groups in total. The van der Waals surface area contributed by atoms with Crippen LogP contribution in [-0.4, -0.2) is 42.2 Å². The minimum absolute atomic E-state index is 0.116. The van der Waals surface area contributed by atoms with Crippen LogP contribution in [0.25, 0.3) is 0 Å².